The number of aryl methyl sites for hydroxylation is 8. The molecule has 0 aliphatic heterocycles. The van der Waals surface area contributed by atoms with Gasteiger partial charge in [-0.2, -0.15) is 0 Å². The molecule has 2 aliphatic carbocycles. The van der Waals surface area contributed by atoms with E-state index < -0.39 is 11.6 Å². The number of rotatable bonds is 1. The van der Waals surface area contributed by atoms with E-state index in [-0.39, 0.29) is 19.1 Å². The van der Waals surface area contributed by atoms with Crippen molar-refractivity contribution in [1.29, 1.82) is 0 Å². The lowest BCUT2D eigenvalue weighted by molar-refractivity contribution is 0.284. The van der Waals surface area contributed by atoms with Crippen LogP contribution in [0.25, 0.3) is 0 Å². The van der Waals surface area contributed by atoms with Gasteiger partial charge in [-0.1, -0.05) is 165 Å². The maximum absolute atomic E-state index is 12.6. The first-order chi connectivity index (χ1) is 24.9. The molecule has 4 heteroatoms. The van der Waals surface area contributed by atoms with E-state index in [1.54, 1.807) is 38.1 Å². The van der Waals surface area contributed by atoms with Crippen molar-refractivity contribution in [3.63, 3.8) is 0 Å². The van der Waals surface area contributed by atoms with Crippen molar-refractivity contribution in [3.8, 4) is 0 Å². The summed E-state index contributed by atoms with van der Waals surface area (Å²) >= 11 is 0. The van der Waals surface area contributed by atoms with Gasteiger partial charge in [0.25, 0.3) is 0 Å². The van der Waals surface area contributed by atoms with Gasteiger partial charge in [0.15, 0.2) is 11.6 Å². The van der Waals surface area contributed by atoms with E-state index in [9.17, 15) is 17.6 Å². The van der Waals surface area contributed by atoms with Crippen molar-refractivity contribution in [1.82, 2.24) is 0 Å². The molecule has 0 heterocycles. The SMILES string of the molecule is C.CC1CCC(C)CC1.CCC1CCC(C)CC1.Cc1ccc(C)c(F)c1.Cc1ccc(C)c(F)c1.Cc1ccc(C)c(F)c1F.Cc1ccc(C)cc1. The first kappa shape index (κ1) is 50.6. The molecule has 0 atom stereocenters. The summed E-state index contributed by atoms with van der Waals surface area (Å²) in [6.07, 6.45) is 13.3. The van der Waals surface area contributed by atoms with Gasteiger partial charge in [0, 0.05) is 0 Å². The fraction of sp³-hybridized carbons (Fsp3) is 0.520. The zero-order valence-corrected chi connectivity index (χ0v) is 35.1. The van der Waals surface area contributed by atoms with E-state index in [0.717, 1.165) is 34.8 Å². The highest BCUT2D eigenvalue weighted by atomic mass is 19.2. The highest BCUT2D eigenvalue weighted by Gasteiger charge is 2.16. The summed E-state index contributed by atoms with van der Waals surface area (Å²) in [4.78, 5) is 0. The Labute approximate surface area is 329 Å². The smallest absolute Gasteiger partial charge is 0.161 e. The summed E-state index contributed by atoms with van der Waals surface area (Å²) < 4.78 is 50.4. The lowest BCUT2D eigenvalue weighted by Gasteiger charge is -2.24. The largest absolute Gasteiger partial charge is 0.207 e. The Balaban J connectivity index is 0.000000623. The first-order valence-electron chi connectivity index (χ1n) is 19.8. The second kappa shape index (κ2) is 27.2. The average Bonchev–Trinajstić information content (AvgIpc) is 3.13. The van der Waals surface area contributed by atoms with Crippen molar-refractivity contribution >= 4 is 0 Å². The third-order valence-corrected chi connectivity index (χ3v) is 10.4. The molecule has 2 aliphatic rings. The Hall–Kier alpha value is -3.40. The van der Waals surface area contributed by atoms with Crippen molar-refractivity contribution in [3.05, 3.63) is 141 Å². The van der Waals surface area contributed by atoms with Crippen LogP contribution in [0.3, 0.4) is 0 Å². The van der Waals surface area contributed by atoms with Crippen LogP contribution in [0.15, 0.2) is 72.8 Å². The first-order valence-corrected chi connectivity index (χ1v) is 19.8. The summed E-state index contributed by atoms with van der Waals surface area (Å²) in [5.41, 5.74) is 6.72. The monoisotopic (exact) mass is 751 g/mol. The van der Waals surface area contributed by atoms with Crippen LogP contribution in [-0.4, -0.2) is 0 Å². The number of halogens is 4. The van der Waals surface area contributed by atoms with Crippen LogP contribution in [0.2, 0.25) is 0 Å². The van der Waals surface area contributed by atoms with Crippen LogP contribution in [0.1, 0.15) is 137 Å². The Morgan fingerprint density at radius 1 is 0.407 bits per heavy atom. The van der Waals surface area contributed by atoms with Crippen molar-refractivity contribution in [2.24, 2.45) is 23.7 Å². The molecule has 0 aromatic heterocycles. The number of hydrogen-bond donors (Lipinski definition) is 0. The molecule has 4 aromatic carbocycles. The molecule has 0 N–H and O–H groups in total. The van der Waals surface area contributed by atoms with Gasteiger partial charge in [-0.3, -0.25) is 0 Å². The van der Waals surface area contributed by atoms with Crippen LogP contribution in [0, 0.1) is 102 Å². The van der Waals surface area contributed by atoms with Crippen LogP contribution in [-0.2, 0) is 0 Å². The molecule has 0 radical (unpaired) electrons. The van der Waals surface area contributed by atoms with Gasteiger partial charge >= 0.3 is 0 Å². The van der Waals surface area contributed by atoms with Crippen LogP contribution >= 0.6 is 0 Å². The van der Waals surface area contributed by atoms with Gasteiger partial charge < -0.3 is 0 Å². The Morgan fingerprint density at radius 3 is 0.926 bits per heavy atom. The van der Waals surface area contributed by atoms with E-state index >= 15 is 0 Å². The minimum atomic E-state index is -0.736. The topological polar surface area (TPSA) is 0 Å². The van der Waals surface area contributed by atoms with Gasteiger partial charge in [0.1, 0.15) is 11.6 Å². The molecule has 0 nitrogen and oxygen atoms in total. The fourth-order valence-electron chi connectivity index (χ4n) is 5.94. The maximum Gasteiger partial charge on any atom is 0.161 e. The molecule has 0 spiro atoms. The zero-order valence-electron chi connectivity index (χ0n) is 35.1. The zero-order chi connectivity index (χ0) is 40.1. The van der Waals surface area contributed by atoms with E-state index in [0.29, 0.717) is 22.3 Å². The summed E-state index contributed by atoms with van der Waals surface area (Å²) in [6, 6.07) is 22.0. The summed E-state index contributed by atoms with van der Waals surface area (Å²) in [5, 5.41) is 0. The second-order valence-electron chi connectivity index (χ2n) is 15.9. The summed E-state index contributed by atoms with van der Waals surface area (Å²) in [5.74, 6) is 2.43. The molecular weight excluding hydrogens is 677 g/mol. The Bertz CT molecular complexity index is 1470. The molecule has 0 amide bonds. The van der Waals surface area contributed by atoms with Crippen molar-refractivity contribution in [2.75, 3.05) is 0 Å². The van der Waals surface area contributed by atoms with Crippen molar-refractivity contribution in [2.45, 2.75) is 148 Å². The average molecular weight is 751 g/mol. The van der Waals surface area contributed by atoms with Gasteiger partial charge in [0.05, 0.1) is 0 Å². The second-order valence-corrected chi connectivity index (χ2v) is 15.9. The van der Waals surface area contributed by atoms with E-state index in [2.05, 4.69) is 65.8 Å². The molecule has 302 valence electrons. The third kappa shape index (κ3) is 21.5. The lowest BCUT2D eigenvalue weighted by Crippen LogP contribution is -2.10. The normalized spacial score (nSPS) is 18.4. The molecule has 2 saturated carbocycles. The molecule has 4 aromatic rings. The standard InChI is InChI=1S/C9H18.C8H8F2.2C8H9F.C8H16.C8H10.CH4/c1-3-9-6-4-8(2)5-7-9;1-5-3-4-6(2)8(10)7(5)9;2*1-6-3-4-7(2)8(9)5-6;2*1-7-3-5-8(2)6-4-7;/h8-9H,3-7H2,1-2H3;3-4H,1-2H3;2*3-5H,1-2H3;7-8H,3-6H2,1-2H3;3-6H,1-2H3;1H4. The summed E-state index contributed by atoms with van der Waals surface area (Å²) in [7, 11) is 0. The minimum Gasteiger partial charge on any atom is -0.207 e. The van der Waals surface area contributed by atoms with Crippen molar-refractivity contribution < 1.29 is 17.6 Å². The van der Waals surface area contributed by atoms with Gasteiger partial charge in [-0.05, 0) is 125 Å². The summed E-state index contributed by atoms with van der Waals surface area (Å²) in [6.45, 7) is 24.0. The molecule has 0 bridgehead atoms. The lowest BCUT2D eigenvalue weighted by atomic mass is 9.82. The van der Waals surface area contributed by atoms with Gasteiger partial charge in [-0.15, -0.1) is 0 Å². The molecule has 54 heavy (non-hydrogen) atoms. The van der Waals surface area contributed by atoms with Gasteiger partial charge in [0.2, 0.25) is 0 Å². The van der Waals surface area contributed by atoms with Crippen LogP contribution in [0.5, 0.6) is 0 Å². The number of benzene rings is 4. The highest BCUT2D eigenvalue weighted by molar-refractivity contribution is 5.24. The molecule has 6 rings (SSSR count). The molecular formula is C50H74F4. The minimum absolute atomic E-state index is 0. The predicted octanol–water partition coefficient (Wildman–Crippen LogP) is 16.5. The predicted molar refractivity (Wildman–Crippen MR) is 228 cm³/mol. The van der Waals surface area contributed by atoms with Crippen LogP contribution in [0.4, 0.5) is 17.6 Å². The molecule has 0 unspecified atom stereocenters. The fourth-order valence-corrected chi connectivity index (χ4v) is 5.94. The van der Waals surface area contributed by atoms with E-state index in [1.807, 2.05) is 26.0 Å². The van der Waals surface area contributed by atoms with E-state index in [4.69, 9.17) is 0 Å². The number of hydrogen-bond acceptors (Lipinski definition) is 0. The molecule has 0 saturated heterocycles. The molecule has 2 fully saturated rings. The third-order valence-electron chi connectivity index (χ3n) is 10.4. The Kier molecular flexibility index (Phi) is 25.5. The highest BCUT2D eigenvalue weighted by Crippen LogP contribution is 2.30. The van der Waals surface area contributed by atoms with E-state index in [1.165, 1.54) is 94.9 Å². The maximum atomic E-state index is 12.6. The quantitative estimate of drug-likeness (QED) is 0.170. The Morgan fingerprint density at radius 2 is 0.667 bits per heavy atom. The van der Waals surface area contributed by atoms with Crippen LogP contribution < -0.4 is 0 Å². The van der Waals surface area contributed by atoms with Gasteiger partial charge in [-0.25, -0.2) is 17.6 Å².